The molecule has 0 saturated heterocycles. The number of hydrogen-bond donors (Lipinski definition) is 2. The van der Waals surface area contributed by atoms with Gasteiger partial charge in [0.15, 0.2) is 0 Å². The Balaban J connectivity index is 1.85. The molecule has 1 aromatic carbocycles. The zero-order chi connectivity index (χ0) is 14.5. The average molecular weight is 275 g/mol. The standard InChI is InChI=1S/C15H17NO4/c1-10-7-12(14(17)18)13(8-10)16-15(19)20-9-11-5-3-2-4-6-11/h2-6,12-13H,1,7-9H2,(H,16,19)(H,17,18)/t12-,13+/m1/s1. The number of ether oxygens (including phenoxy) is 1. The highest BCUT2D eigenvalue weighted by molar-refractivity contribution is 5.74. The molecule has 1 saturated carbocycles. The Kier molecular flexibility index (Phi) is 4.40. The zero-order valence-corrected chi connectivity index (χ0v) is 11.0. The fraction of sp³-hybridized carbons (Fsp3) is 0.333. The molecule has 5 nitrogen and oxygen atoms in total. The van der Waals surface area contributed by atoms with Crippen LogP contribution in [0.25, 0.3) is 0 Å². The summed E-state index contributed by atoms with van der Waals surface area (Å²) >= 11 is 0. The van der Waals surface area contributed by atoms with Crippen molar-refractivity contribution in [2.45, 2.75) is 25.5 Å². The average Bonchev–Trinajstić information content (AvgIpc) is 2.79. The first-order valence-corrected chi connectivity index (χ1v) is 6.43. The van der Waals surface area contributed by atoms with Crippen LogP contribution in [-0.4, -0.2) is 23.2 Å². The van der Waals surface area contributed by atoms with Gasteiger partial charge in [-0.05, 0) is 18.4 Å². The van der Waals surface area contributed by atoms with Gasteiger partial charge in [0, 0.05) is 6.04 Å². The van der Waals surface area contributed by atoms with Gasteiger partial charge < -0.3 is 15.2 Å². The van der Waals surface area contributed by atoms with E-state index in [1.807, 2.05) is 30.3 Å². The number of alkyl carbamates (subject to hydrolysis) is 1. The van der Waals surface area contributed by atoms with Crippen LogP contribution in [0.5, 0.6) is 0 Å². The van der Waals surface area contributed by atoms with Crippen molar-refractivity contribution in [3.05, 3.63) is 48.0 Å². The van der Waals surface area contributed by atoms with Crippen molar-refractivity contribution >= 4 is 12.1 Å². The Morgan fingerprint density at radius 2 is 2.00 bits per heavy atom. The summed E-state index contributed by atoms with van der Waals surface area (Å²) in [5.41, 5.74) is 1.72. The molecule has 1 fully saturated rings. The van der Waals surface area contributed by atoms with Crippen molar-refractivity contribution in [1.29, 1.82) is 0 Å². The van der Waals surface area contributed by atoms with Crippen LogP contribution in [0.4, 0.5) is 4.79 Å². The van der Waals surface area contributed by atoms with Gasteiger partial charge in [-0.2, -0.15) is 0 Å². The van der Waals surface area contributed by atoms with Crippen LogP contribution in [0.2, 0.25) is 0 Å². The smallest absolute Gasteiger partial charge is 0.407 e. The van der Waals surface area contributed by atoms with E-state index in [1.54, 1.807) is 0 Å². The summed E-state index contributed by atoms with van der Waals surface area (Å²) in [5.74, 6) is -1.54. The maximum atomic E-state index is 11.7. The molecule has 106 valence electrons. The van der Waals surface area contributed by atoms with Gasteiger partial charge in [0.2, 0.25) is 0 Å². The van der Waals surface area contributed by atoms with Crippen LogP contribution in [0.1, 0.15) is 18.4 Å². The van der Waals surface area contributed by atoms with Gasteiger partial charge in [-0.25, -0.2) is 4.79 Å². The topological polar surface area (TPSA) is 75.6 Å². The predicted octanol–water partition coefficient (Wildman–Crippen LogP) is 2.33. The van der Waals surface area contributed by atoms with Crippen molar-refractivity contribution in [2.24, 2.45) is 5.92 Å². The molecular weight excluding hydrogens is 258 g/mol. The summed E-state index contributed by atoms with van der Waals surface area (Å²) in [6.45, 7) is 3.95. The summed E-state index contributed by atoms with van der Waals surface area (Å²) < 4.78 is 5.08. The molecule has 1 amide bonds. The Labute approximate surface area is 117 Å². The molecule has 0 radical (unpaired) electrons. The summed E-state index contributed by atoms with van der Waals surface area (Å²) in [5, 5.41) is 11.7. The maximum Gasteiger partial charge on any atom is 0.407 e. The number of carbonyl (C=O) groups excluding carboxylic acids is 1. The van der Waals surface area contributed by atoms with Crippen LogP contribution in [0.3, 0.4) is 0 Å². The fourth-order valence-corrected chi connectivity index (χ4v) is 2.32. The van der Waals surface area contributed by atoms with Crippen LogP contribution < -0.4 is 5.32 Å². The molecule has 0 aliphatic heterocycles. The van der Waals surface area contributed by atoms with Gasteiger partial charge in [0.05, 0.1) is 5.92 Å². The molecule has 0 unspecified atom stereocenters. The van der Waals surface area contributed by atoms with Crippen molar-refractivity contribution in [3.8, 4) is 0 Å². The highest BCUT2D eigenvalue weighted by Crippen LogP contribution is 2.29. The van der Waals surface area contributed by atoms with Crippen molar-refractivity contribution in [3.63, 3.8) is 0 Å². The molecule has 2 rings (SSSR count). The molecule has 1 aromatic rings. The number of aliphatic carboxylic acids is 1. The van der Waals surface area contributed by atoms with Gasteiger partial charge in [-0.3, -0.25) is 4.79 Å². The minimum absolute atomic E-state index is 0.165. The molecule has 0 aromatic heterocycles. The minimum Gasteiger partial charge on any atom is -0.481 e. The van der Waals surface area contributed by atoms with Crippen molar-refractivity contribution < 1.29 is 19.4 Å². The van der Waals surface area contributed by atoms with Crippen LogP contribution in [0.15, 0.2) is 42.5 Å². The normalized spacial score (nSPS) is 21.5. The first kappa shape index (κ1) is 14.1. The van der Waals surface area contributed by atoms with Crippen LogP contribution in [-0.2, 0) is 16.1 Å². The number of carboxylic acid groups (broad SMARTS) is 1. The molecule has 2 N–H and O–H groups in total. The molecule has 2 atom stereocenters. The molecular formula is C15H17NO4. The van der Waals surface area contributed by atoms with E-state index in [-0.39, 0.29) is 6.61 Å². The summed E-state index contributed by atoms with van der Waals surface area (Å²) in [7, 11) is 0. The quantitative estimate of drug-likeness (QED) is 0.827. The van der Waals surface area contributed by atoms with E-state index in [0.717, 1.165) is 11.1 Å². The second-order valence-corrected chi connectivity index (χ2v) is 4.92. The molecule has 1 aliphatic rings. The summed E-state index contributed by atoms with van der Waals surface area (Å²) in [4.78, 5) is 22.8. The number of amides is 1. The Bertz CT molecular complexity index is 512. The van der Waals surface area contributed by atoms with E-state index in [0.29, 0.717) is 12.8 Å². The van der Waals surface area contributed by atoms with Gasteiger partial charge in [0.25, 0.3) is 0 Å². The second kappa shape index (κ2) is 6.23. The number of nitrogens with one attached hydrogen (secondary N) is 1. The lowest BCUT2D eigenvalue weighted by atomic mass is 10.0. The van der Waals surface area contributed by atoms with E-state index in [9.17, 15) is 9.59 Å². The van der Waals surface area contributed by atoms with Gasteiger partial charge in [0.1, 0.15) is 6.61 Å². The third-order valence-electron chi connectivity index (χ3n) is 3.34. The monoisotopic (exact) mass is 275 g/mol. The minimum atomic E-state index is -0.919. The first-order valence-electron chi connectivity index (χ1n) is 6.43. The third-order valence-corrected chi connectivity index (χ3v) is 3.34. The zero-order valence-electron chi connectivity index (χ0n) is 11.0. The molecule has 1 aliphatic carbocycles. The lowest BCUT2D eigenvalue weighted by Crippen LogP contribution is -2.40. The molecule has 5 heteroatoms. The van der Waals surface area contributed by atoms with E-state index in [2.05, 4.69) is 11.9 Å². The third kappa shape index (κ3) is 3.60. The number of rotatable bonds is 4. The highest BCUT2D eigenvalue weighted by Gasteiger charge is 2.36. The van der Waals surface area contributed by atoms with E-state index >= 15 is 0 Å². The first-order chi connectivity index (χ1) is 9.56. The SMILES string of the molecule is C=C1C[C@H](NC(=O)OCc2ccccc2)[C@H](C(=O)O)C1. The molecule has 0 bridgehead atoms. The summed E-state index contributed by atoms with van der Waals surface area (Å²) in [6, 6.07) is 8.86. The molecule has 20 heavy (non-hydrogen) atoms. The summed E-state index contributed by atoms with van der Waals surface area (Å²) in [6.07, 6.45) is 0.288. The maximum absolute atomic E-state index is 11.7. The van der Waals surface area contributed by atoms with Gasteiger partial charge in [-0.1, -0.05) is 42.5 Å². The lowest BCUT2D eigenvalue weighted by Gasteiger charge is -2.16. The Morgan fingerprint density at radius 1 is 1.30 bits per heavy atom. The van der Waals surface area contributed by atoms with Crippen LogP contribution >= 0.6 is 0 Å². The Morgan fingerprint density at radius 3 is 2.65 bits per heavy atom. The van der Waals surface area contributed by atoms with Crippen LogP contribution in [0, 0.1) is 5.92 Å². The van der Waals surface area contributed by atoms with Gasteiger partial charge in [-0.15, -0.1) is 0 Å². The fourth-order valence-electron chi connectivity index (χ4n) is 2.32. The van der Waals surface area contributed by atoms with Crippen molar-refractivity contribution in [2.75, 3.05) is 0 Å². The highest BCUT2D eigenvalue weighted by atomic mass is 16.5. The second-order valence-electron chi connectivity index (χ2n) is 4.92. The molecule has 0 spiro atoms. The number of carbonyl (C=O) groups is 2. The van der Waals surface area contributed by atoms with E-state index in [4.69, 9.17) is 9.84 Å². The van der Waals surface area contributed by atoms with E-state index in [1.165, 1.54) is 0 Å². The molecule has 0 heterocycles. The van der Waals surface area contributed by atoms with Crippen molar-refractivity contribution in [1.82, 2.24) is 5.32 Å². The Hall–Kier alpha value is -2.30. The lowest BCUT2D eigenvalue weighted by molar-refractivity contribution is -0.142. The number of benzene rings is 1. The largest absolute Gasteiger partial charge is 0.481 e. The predicted molar refractivity (Wildman–Crippen MR) is 73.1 cm³/mol. The van der Waals surface area contributed by atoms with E-state index < -0.39 is 24.0 Å². The van der Waals surface area contributed by atoms with Gasteiger partial charge >= 0.3 is 12.1 Å². The number of hydrogen-bond acceptors (Lipinski definition) is 3. The number of carboxylic acids is 1.